The van der Waals surface area contributed by atoms with E-state index >= 15 is 0 Å². The molecule has 3 heterocycles. The maximum absolute atomic E-state index is 13.5. The minimum absolute atomic E-state index is 0.206. The number of ether oxygens (including phenoxy) is 3. The van der Waals surface area contributed by atoms with Crippen LogP contribution in [0.25, 0.3) is 0 Å². The summed E-state index contributed by atoms with van der Waals surface area (Å²) in [5.74, 6) is 2.23. The van der Waals surface area contributed by atoms with E-state index in [9.17, 15) is 4.79 Å². The van der Waals surface area contributed by atoms with Crippen molar-refractivity contribution in [2.75, 3.05) is 52.6 Å². The van der Waals surface area contributed by atoms with Gasteiger partial charge in [-0.15, -0.1) is 0 Å². The van der Waals surface area contributed by atoms with E-state index in [4.69, 9.17) is 14.2 Å². The van der Waals surface area contributed by atoms with Gasteiger partial charge >= 0.3 is 0 Å². The van der Waals surface area contributed by atoms with Gasteiger partial charge < -0.3 is 24.8 Å². The number of piperidine rings is 1. The quantitative estimate of drug-likeness (QED) is 0.762. The number of hydrogen-bond acceptors (Lipinski definition) is 6. The highest BCUT2D eigenvalue weighted by Crippen LogP contribution is 2.46. The van der Waals surface area contributed by atoms with Crippen molar-refractivity contribution >= 4 is 5.91 Å². The number of rotatable bonds is 4. The Labute approximate surface area is 184 Å². The molecule has 1 saturated carbocycles. The largest absolute Gasteiger partial charge is 0.490 e. The number of amides is 1. The number of hydrogen-bond donors (Lipinski definition) is 2. The molecule has 0 bridgehead atoms. The van der Waals surface area contributed by atoms with Crippen LogP contribution in [-0.2, 0) is 16.1 Å². The first-order valence-electron chi connectivity index (χ1n) is 11.9. The molecule has 4 aliphatic rings. The second kappa shape index (κ2) is 9.35. The zero-order valence-electron chi connectivity index (χ0n) is 18.4. The molecule has 31 heavy (non-hydrogen) atoms. The van der Waals surface area contributed by atoms with Gasteiger partial charge in [0.25, 0.3) is 0 Å². The molecule has 2 saturated heterocycles. The third-order valence-corrected chi connectivity index (χ3v) is 7.65. The summed E-state index contributed by atoms with van der Waals surface area (Å²) in [5.41, 5.74) is 0.767. The van der Waals surface area contributed by atoms with Gasteiger partial charge in [0, 0.05) is 38.6 Å². The first-order chi connectivity index (χ1) is 15.2. The molecule has 0 spiro atoms. The highest BCUT2D eigenvalue weighted by Gasteiger charge is 2.50. The summed E-state index contributed by atoms with van der Waals surface area (Å²) < 4.78 is 17.1. The van der Waals surface area contributed by atoms with Gasteiger partial charge in [0.05, 0.1) is 31.8 Å². The van der Waals surface area contributed by atoms with Crippen LogP contribution in [0.15, 0.2) is 18.2 Å². The maximum Gasteiger partial charge on any atom is 0.228 e. The topological polar surface area (TPSA) is 72.1 Å². The minimum Gasteiger partial charge on any atom is -0.490 e. The molecule has 7 heteroatoms. The lowest BCUT2D eigenvalue weighted by atomic mass is 9.61. The van der Waals surface area contributed by atoms with Crippen LogP contribution in [0.4, 0.5) is 0 Å². The monoisotopic (exact) mass is 429 g/mol. The van der Waals surface area contributed by atoms with Crippen LogP contribution in [0.1, 0.15) is 37.7 Å². The number of carbonyl (C=O) groups is 1. The second-order valence-corrected chi connectivity index (χ2v) is 9.41. The molecule has 1 aromatic rings. The number of carbonyl (C=O) groups excluding carboxylic acids is 1. The lowest BCUT2D eigenvalue weighted by Crippen LogP contribution is -2.60. The molecule has 3 aliphatic heterocycles. The molecule has 0 unspecified atom stereocenters. The number of nitrogens with one attached hydrogen (secondary N) is 2. The van der Waals surface area contributed by atoms with E-state index in [1.54, 1.807) is 0 Å². The second-order valence-electron chi connectivity index (χ2n) is 9.41. The zero-order valence-corrected chi connectivity index (χ0v) is 18.4. The van der Waals surface area contributed by atoms with E-state index in [0.29, 0.717) is 31.7 Å². The van der Waals surface area contributed by atoms with Crippen molar-refractivity contribution < 1.29 is 19.0 Å². The Kier molecular flexibility index (Phi) is 6.34. The predicted octanol–water partition coefficient (Wildman–Crippen LogP) is 1.94. The van der Waals surface area contributed by atoms with E-state index < -0.39 is 0 Å². The summed E-state index contributed by atoms with van der Waals surface area (Å²) >= 11 is 0. The van der Waals surface area contributed by atoms with E-state index in [1.807, 2.05) is 18.2 Å². The highest BCUT2D eigenvalue weighted by atomic mass is 16.5. The number of morpholine rings is 1. The van der Waals surface area contributed by atoms with E-state index in [0.717, 1.165) is 88.6 Å². The molecule has 1 amide bonds. The lowest BCUT2D eigenvalue weighted by molar-refractivity contribution is -0.140. The lowest BCUT2D eigenvalue weighted by Gasteiger charge is -2.50. The highest BCUT2D eigenvalue weighted by molar-refractivity contribution is 5.83. The van der Waals surface area contributed by atoms with Crippen LogP contribution in [0.3, 0.4) is 0 Å². The van der Waals surface area contributed by atoms with Crippen molar-refractivity contribution in [1.82, 2.24) is 15.5 Å². The van der Waals surface area contributed by atoms with Crippen molar-refractivity contribution in [2.45, 2.75) is 44.7 Å². The molecule has 3 fully saturated rings. The molecule has 1 aromatic carbocycles. The minimum atomic E-state index is -0.285. The molecule has 0 aromatic heterocycles. The average Bonchev–Trinajstić information content (AvgIpc) is 3.07. The first-order valence-corrected chi connectivity index (χ1v) is 11.9. The van der Waals surface area contributed by atoms with Gasteiger partial charge in [0.1, 0.15) is 0 Å². The van der Waals surface area contributed by atoms with Gasteiger partial charge in [0.2, 0.25) is 5.91 Å². The van der Waals surface area contributed by atoms with Crippen molar-refractivity contribution in [3.63, 3.8) is 0 Å². The van der Waals surface area contributed by atoms with Gasteiger partial charge in [-0.05, 0) is 55.8 Å². The molecule has 170 valence electrons. The number of fused-ring (bicyclic) bond motifs is 2. The molecule has 5 rings (SSSR count). The summed E-state index contributed by atoms with van der Waals surface area (Å²) in [6.07, 6.45) is 5.15. The van der Waals surface area contributed by atoms with Crippen LogP contribution in [0.5, 0.6) is 11.5 Å². The van der Waals surface area contributed by atoms with E-state index in [2.05, 4.69) is 15.5 Å². The first kappa shape index (κ1) is 21.0. The Hall–Kier alpha value is -1.83. The van der Waals surface area contributed by atoms with Gasteiger partial charge in [-0.3, -0.25) is 9.69 Å². The third-order valence-electron chi connectivity index (χ3n) is 7.65. The Balaban J connectivity index is 1.24. The molecule has 0 radical (unpaired) electrons. The maximum atomic E-state index is 13.5. The van der Waals surface area contributed by atoms with Crippen molar-refractivity contribution in [3.05, 3.63) is 23.8 Å². The van der Waals surface area contributed by atoms with Crippen molar-refractivity contribution in [2.24, 2.45) is 11.3 Å². The Bertz CT molecular complexity index is 782. The summed E-state index contributed by atoms with van der Waals surface area (Å²) in [4.78, 5) is 16.1. The van der Waals surface area contributed by atoms with Crippen LogP contribution in [0.2, 0.25) is 0 Å². The zero-order chi connectivity index (χ0) is 21.1. The molecule has 7 nitrogen and oxygen atoms in total. The van der Waals surface area contributed by atoms with Crippen LogP contribution in [-0.4, -0.2) is 69.5 Å². The molecule has 2 N–H and O–H groups in total. The third kappa shape index (κ3) is 4.41. The fourth-order valence-corrected chi connectivity index (χ4v) is 5.84. The Morgan fingerprint density at radius 3 is 2.84 bits per heavy atom. The molecular weight excluding hydrogens is 394 g/mol. The van der Waals surface area contributed by atoms with Crippen LogP contribution >= 0.6 is 0 Å². The Morgan fingerprint density at radius 1 is 1.13 bits per heavy atom. The average molecular weight is 430 g/mol. The summed E-state index contributed by atoms with van der Waals surface area (Å²) in [6.45, 7) is 7.41. The molecule has 3 atom stereocenters. The van der Waals surface area contributed by atoms with Gasteiger partial charge in [-0.25, -0.2) is 0 Å². The number of nitrogens with zero attached hydrogens (tertiary/aromatic N) is 1. The van der Waals surface area contributed by atoms with Crippen LogP contribution in [0, 0.1) is 11.3 Å². The van der Waals surface area contributed by atoms with Crippen molar-refractivity contribution in [3.8, 4) is 11.5 Å². The van der Waals surface area contributed by atoms with Gasteiger partial charge in [0.15, 0.2) is 11.5 Å². The summed E-state index contributed by atoms with van der Waals surface area (Å²) in [5, 5.41) is 6.78. The SMILES string of the molecule is O=C(NCc1ccc2c(c1)OCCCO2)[C@@]12CC[C@H](N3CCOCC3)C[C@H]1CCNC2. The fourth-order valence-electron chi connectivity index (χ4n) is 5.84. The summed E-state index contributed by atoms with van der Waals surface area (Å²) in [7, 11) is 0. The Morgan fingerprint density at radius 2 is 1.97 bits per heavy atom. The van der Waals surface area contributed by atoms with Crippen molar-refractivity contribution in [1.29, 1.82) is 0 Å². The number of benzene rings is 1. The summed E-state index contributed by atoms with van der Waals surface area (Å²) in [6, 6.07) is 6.58. The molecule has 1 aliphatic carbocycles. The van der Waals surface area contributed by atoms with Gasteiger partial charge in [-0.2, -0.15) is 0 Å². The van der Waals surface area contributed by atoms with E-state index in [-0.39, 0.29) is 11.3 Å². The standard InChI is InChI=1S/C24H35N3O4/c28-23(26-16-18-2-3-21-22(14-18)31-11-1-10-30-21)24-6-4-20(27-8-12-29-13-9-27)15-19(24)5-7-25-17-24/h2-3,14,19-20,25H,1,4-13,15-17H2,(H,26,28)/t19-,20+,24-/m1/s1. The normalized spacial score (nSPS) is 31.4. The van der Waals surface area contributed by atoms with Crippen LogP contribution < -0.4 is 20.1 Å². The molecular formula is C24H35N3O4. The predicted molar refractivity (Wildman–Crippen MR) is 117 cm³/mol. The van der Waals surface area contributed by atoms with Gasteiger partial charge in [-0.1, -0.05) is 6.07 Å². The fraction of sp³-hybridized carbons (Fsp3) is 0.708. The van der Waals surface area contributed by atoms with E-state index in [1.165, 1.54) is 0 Å². The smallest absolute Gasteiger partial charge is 0.228 e.